The molecule has 1 aromatic rings. The highest BCUT2D eigenvalue weighted by atomic mass is 16.5. The van der Waals surface area contributed by atoms with Crippen LogP contribution in [0.2, 0.25) is 0 Å². The van der Waals surface area contributed by atoms with Crippen LogP contribution in [0.4, 0.5) is 0 Å². The topological polar surface area (TPSA) is 53.0 Å². The number of ether oxygens (including phenoxy) is 1. The van der Waals surface area contributed by atoms with Gasteiger partial charge in [0.1, 0.15) is 5.75 Å². The molecule has 0 bridgehead atoms. The maximum Gasteiger partial charge on any atom is 0.257 e. The summed E-state index contributed by atoms with van der Waals surface area (Å²) < 4.78 is 5.27. The number of β-amino-alcohol motifs (C(OH)–C–C–N with tert-alkyl or cyclic N) is 1. The molecule has 120 valence electrons. The Hall–Kier alpha value is -1.59. The summed E-state index contributed by atoms with van der Waals surface area (Å²) in [5.74, 6) is 1.16. The molecule has 1 aliphatic heterocycles. The van der Waals surface area contributed by atoms with Gasteiger partial charge in [0.2, 0.25) is 0 Å². The van der Waals surface area contributed by atoms with Crippen molar-refractivity contribution in [1.82, 2.24) is 9.80 Å². The fourth-order valence-corrected chi connectivity index (χ4v) is 3.02. The lowest BCUT2D eigenvalue weighted by Crippen LogP contribution is -2.50. The third-order valence-electron chi connectivity index (χ3n) is 4.61. The molecule has 1 aromatic carbocycles. The van der Waals surface area contributed by atoms with Crippen molar-refractivity contribution in [3.05, 3.63) is 29.8 Å². The summed E-state index contributed by atoms with van der Waals surface area (Å²) in [6.07, 6.45) is 2.12. The van der Waals surface area contributed by atoms with Crippen LogP contribution in [0.1, 0.15) is 23.2 Å². The van der Waals surface area contributed by atoms with Crippen LogP contribution in [-0.4, -0.2) is 66.8 Å². The van der Waals surface area contributed by atoms with Gasteiger partial charge in [0.15, 0.2) is 0 Å². The number of aliphatic hydroxyl groups excluding tert-OH is 1. The second-order valence-corrected chi connectivity index (χ2v) is 6.20. The summed E-state index contributed by atoms with van der Waals surface area (Å²) in [6, 6.07) is 7.35. The van der Waals surface area contributed by atoms with E-state index in [-0.39, 0.29) is 12.0 Å². The first-order valence-corrected chi connectivity index (χ1v) is 8.01. The van der Waals surface area contributed by atoms with Crippen molar-refractivity contribution in [2.75, 3.05) is 39.8 Å². The molecule has 1 aliphatic carbocycles. The van der Waals surface area contributed by atoms with Gasteiger partial charge < -0.3 is 14.7 Å². The summed E-state index contributed by atoms with van der Waals surface area (Å²) in [6.45, 7) is 3.79. The van der Waals surface area contributed by atoms with Gasteiger partial charge in [-0.05, 0) is 30.9 Å². The molecular formula is C17H24N2O3. The zero-order valence-corrected chi connectivity index (χ0v) is 13.1. The number of para-hydroxylation sites is 1. The minimum absolute atomic E-state index is 0.0276. The van der Waals surface area contributed by atoms with Gasteiger partial charge >= 0.3 is 0 Å². The summed E-state index contributed by atoms with van der Waals surface area (Å²) >= 11 is 0. The van der Waals surface area contributed by atoms with Gasteiger partial charge in [-0.2, -0.15) is 0 Å². The van der Waals surface area contributed by atoms with Gasteiger partial charge in [0.05, 0.1) is 18.8 Å². The highest BCUT2D eigenvalue weighted by Gasteiger charge is 2.32. The summed E-state index contributed by atoms with van der Waals surface area (Å²) in [7, 11) is 1.59. The van der Waals surface area contributed by atoms with Crippen LogP contribution in [0.5, 0.6) is 5.75 Å². The molecule has 5 heteroatoms. The number of carbonyl (C=O) groups is 1. The maximum absolute atomic E-state index is 12.6. The molecule has 0 radical (unpaired) electrons. The van der Waals surface area contributed by atoms with Crippen molar-refractivity contribution in [2.45, 2.75) is 18.9 Å². The van der Waals surface area contributed by atoms with E-state index in [1.165, 1.54) is 0 Å². The van der Waals surface area contributed by atoms with Crippen LogP contribution in [0.3, 0.4) is 0 Å². The number of amides is 1. The molecule has 3 rings (SSSR count). The number of piperazine rings is 1. The Morgan fingerprint density at radius 3 is 2.59 bits per heavy atom. The molecule has 0 spiro atoms. The van der Waals surface area contributed by atoms with Gasteiger partial charge in [-0.3, -0.25) is 9.69 Å². The quantitative estimate of drug-likeness (QED) is 0.889. The Labute approximate surface area is 131 Å². The van der Waals surface area contributed by atoms with E-state index in [0.29, 0.717) is 30.3 Å². The largest absolute Gasteiger partial charge is 0.496 e. The van der Waals surface area contributed by atoms with E-state index in [1.807, 2.05) is 29.2 Å². The molecule has 1 N–H and O–H groups in total. The predicted molar refractivity (Wildman–Crippen MR) is 84.1 cm³/mol. The highest BCUT2D eigenvalue weighted by molar-refractivity contribution is 5.97. The predicted octanol–water partition coefficient (Wildman–Crippen LogP) is 1.22. The maximum atomic E-state index is 12.6. The molecular weight excluding hydrogens is 280 g/mol. The minimum atomic E-state index is -0.198. The first-order valence-electron chi connectivity index (χ1n) is 8.01. The average Bonchev–Trinajstić information content (AvgIpc) is 3.40. The van der Waals surface area contributed by atoms with Gasteiger partial charge in [0.25, 0.3) is 5.91 Å². The number of hydrogen-bond acceptors (Lipinski definition) is 4. The number of aliphatic hydroxyl groups is 1. The zero-order valence-electron chi connectivity index (χ0n) is 13.1. The second-order valence-electron chi connectivity index (χ2n) is 6.20. The van der Waals surface area contributed by atoms with Crippen molar-refractivity contribution in [2.24, 2.45) is 5.92 Å². The van der Waals surface area contributed by atoms with Crippen LogP contribution >= 0.6 is 0 Å². The van der Waals surface area contributed by atoms with Gasteiger partial charge in [-0.1, -0.05) is 12.1 Å². The van der Waals surface area contributed by atoms with E-state index in [0.717, 1.165) is 32.5 Å². The molecule has 22 heavy (non-hydrogen) atoms. The van der Waals surface area contributed by atoms with E-state index in [2.05, 4.69) is 4.90 Å². The Morgan fingerprint density at radius 2 is 1.95 bits per heavy atom. The van der Waals surface area contributed by atoms with Crippen molar-refractivity contribution < 1.29 is 14.6 Å². The second kappa shape index (κ2) is 6.67. The molecule has 1 heterocycles. The Balaban J connectivity index is 1.55. The third kappa shape index (κ3) is 3.42. The standard InChI is InChI=1S/C17H24N2O3/c1-22-16-5-3-2-4-14(16)17(21)19-10-8-18(9-11-19)12-15(20)13-6-7-13/h2-5,13,15,20H,6-12H2,1H3. The molecule has 2 aliphatic rings. The van der Waals surface area contributed by atoms with Gasteiger partial charge in [-0.15, -0.1) is 0 Å². The fraction of sp³-hybridized carbons (Fsp3) is 0.588. The molecule has 1 saturated heterocycles. The summed E-state index contributed by atoms with van der Waals surface area (Å²) in [5, 5.41) is 10.0. The van der Waals surface area contributed by atoms with E-state index in [9.17, 15) is 9.90 Å². The van der Waals surface area contributed by atoms with Crippen LogP contribution in [0, 0.1) is 5.92 Å². The molecule has 1 unspecified atom stereocenters. The zero-order chi connectivity index (χ0) is 15.5. The highest BCUT2D eigenvalue weighted by Crippen LogP contribution is 2.33. The smallest absolute Gasteiger partial charge is 0.257 e. The van der Waals surface area contributed by atoms with Gasteiger partial charge in [0, 0.05) is 32.7 Å². The van der Waals surface area contributed by atoms with Crippen LogP contribution in [0.25, 0.3) is 0 Å². The van der Waals surface area contributed by atoms with E-state index in [1.54, 1.807) is 7.11 Å². The molecule has 0 aromatic heterocycles. The lowest BCUT2D eigenvalue weighted by molar-refractivity contribution is 0.0486. The Bertz CT molecular complexity index is 522. The Morgan fingerprint density at radius 1 is 1.27 bits per heavy atom. The number of carbonyl (C=O) groups excluding carboxylic acids is 1. The molecule has 1 saturated carbocycles. The number of methoxy groups -OCH3 is 1. The molecule has 1 amide bonds. The summed E-state index contributed by atoms with van der Waals surface area (Å²) in [4.78, 5) is 16.7. The van der Waals surface area contributed by atoms with Crippen molar-refractivity contribution in [3.63, 3.8) is 0 Å². The van der Waals surface area contributed by atoms with E-state index >= 15 is 0 Å². The first kappa shape index (κ1) is 15.3. The average molecular weight is 304 g/mol. The number of benzene rings is 1. The first-order chi connectivity index (χ1) is 10.7. The van der Waals surface area contributed by atoms with E-state index in [4.69, 9.17) is 4.74 Å². The van der Waals surface area contributed by atoms with Gasteiger partial charge in [-0.25, -0.2) is 0 Å². The summed E-state index contributed by atoms with van der Waals surface area (Å²) in [5.41, 5.74) is 0.622. The number of hydrogen-bond donors (Lipinski definition) is 1. The van der Waals surface area contributed by atoms with E-state index < -0.39 is 0 Å². The molecule has 5 nitrogen and oxygen atoms in total. The fourth-order valence-electron chi connectivity index (χ4n) is 3.02. The Kier molecular flexibility index (Phi) is 4.64. The van der Waals surface area contributed by atoms with Crippen molar-refractivity contribution in [3.8, 4) is 5.75 Å². The van der Waals surface area contributed by atoms with Crippen LogP contribution in [-0.2, 0) is 0 Å². The third-order valence-corrected chi connectivity index (χ3v) is 4.61. The van der Waals surface area contributed by atoms with Crippen molar-refractivity contribution in [1.29, 1.82) is 0 Å². The monoisotopic (exact) mass is 304 g/mol. The molecule has 2 fully saturated rings. The number of rotatable bonds is 5. The number of nitrogens with zero attached hydrogens (tertiary/aromatic N) is 2. The lowest BCUT2D eigenvalue weighted by Gasteiger charge is -2.35. The van der Waals surface area contributed by atoms with Crippen LogP contribution in [0.15, 0.2) is 24.3 Å². The SMILES string of the molecule is COc1ccccc1C(=O)N1CCN(CC(O)C2CC2)CC1. The normalized spacial score (nSPS) is 20.7. The minimum Gasteiger partial charge on any atom is -0.496 e. The lowest BCUT2D eigenvalue weighted by atomic mass is 10.1. The van der Waals surface area contributed by atoms with Crippen molar-refractivity contribution >= 4 is 5.91 Å². The van der Waals surface area contributed by atoms with Crippen LogP contribution < -0.4 is 4.74 Å². The molecule has 1 atom stereocenters.